The summed E-state index contributed by atoms with van der Waals surface area (Å²) in [6.45, 7) is 2.98. The number of halogens is 1. The van der Waals surface area contributed by atoms with Crippen LogP contribution in [-0.4, -0.2) is 54.4 Å². The Morgan fingerprint density at radius 2 is 1.87 bits per heavy atom. The van der Waals surface area contributed by atoms with Gasteiger partial charge in [0.05, 0.1) is 0 Å². The Morgan fingerprint density at radius 1 is 1.40 bits per heavy atom. The predicted molar refractivity (Wildman–Crippen MR) is 61.8 cm³/mol. The molecule has 1 aromatic rings. The second-order valence-electron chi connectivity index (χ2n) is 3.37. The number of rotatable bonds is 3. The number of ether oxygens (including phenoxy) is 1. The zero-order valence-corrected chi connectivity index (χ0v) is 11.6. The molecule has 0 fully saturated rings. The van der Waals surface area contributed by atoms with Gasteiger partial charge in [-0.1, -0.05) is 11.6 Å². The first-order chi connectivity index (χ1) is 6.42. The minimum absolute atomic E-state index is 0. The van der Waals surface area contributed by atoms with Crippen molar-refractivity contribution in [2.75, 3.05) is 0 Å². The third-order valence-corrected chi connectivity index (χ3v) is 1.95. The standard InChI is InChI=1S/C10H11ClO3.Ca.2H/c1-10(2,9(12)13)14-8-5-3-7(11)4-6-8;;;/h3-6H,1-2H3,(H,12,13);;;/q;+2;2*-1. The van der Waals surface area contributed by atoms with Gasteiger partial charge in [-0.05, 0) is 38.1 Å². The Hall–Kier alpha value is 0.0397. The smallest absolute Gasteiger partial charge is 1.00 e. The Kier molecular flexibility index (Phi) is 5.96. The van der Waals surface area contributed by atoms with Gasteiger partial charge in [-0.25, -0.2) is 4.79 Å². The fourth-order valence-corrected chi connectivity index (χ4v) is 0.967. The van der Waals surface area contributed by atoms with Crippen molar-refractivity contribution in [3.8, 4) is 5.75 Å². The summed E-state index contributed by atoms with van der Waals surface area (Å²) in [5.41, 5.74) is -1.23. The van der Waals surface area contributed by atoms with Gasteiger partial charge in [-0.2, -0.15) is 0 Å². The van der Waals surface area contributed by atoms with Crippen LogP contribution in [0.4, 0.5) is 0 Å². The SMILES string of the molecule is CC(C)(Oc1ccc(Cl)cc1)C(=O)O.[Ca+2].[H-].[H-]. The van der Waals surface area contributed by atoms with Crippen LogP contribution < -0.4 is 4.74 Å². The minimum Gasteiger partial charge on any atom is -1.00 e. The zero-order chi connectivity index (χ0) is 10.8. The first-order valence-electron chi connectivity index (χ1n) is 4.10. The van der Waals surface area contributed by atoms with Crippen LogP contribution in [0.25, 0.3) is 0 Å². The van der Waals surface area contributed by atoms with Crippen LogP contribution in [0.3, 0.4) is 0 Å². The van der Waals surface area contributed by atoms with E-state index in [1.165, 1.54) is 13.8 Å². The molecule has 15 heavy (non-hydrogen) atoms. The topological polar surface area (TPSA) is 46.5 Å². The van der Waals surface area contributed by atoms with Crippen LogP contribution in [-0.2, 0) is 4.79 Å². The summed E-state index contributed by atoms with van der Waals surface area (Å²) in [6.07, 6.45) is 0. The second-order valence-corrected chi connectivity index (χ2v) is 3.81. The molecule has 0 saturated heterocycles. The van der Waals surface area contributed by atoms with E-state index in [2.05, 4.69) is 0 Å². The molecular formula is C10H13CaClO3. The summed E-state index contributed by atoms with van der Waals surface area (Å²) in [6, 6.07) is 6.56. The third-order valence-electron chi connectivity index (χ3n) is 1.70. The van der Waals surface area contributed by atoms with Crippen molar-refractivity contribution in [1.29, 1.82) is 0 Å². The van der Waals surface area contributed by atoms with Crippen molar-refractivity contribution in [2.45, 2.75) is 19.4 Å². The van der Waals surface area contributed by atoms with E-state index in [0.29, 0.717) is 10.8 Å². The molecule has 0 atom stereocenters. The van der Waals surface area contributed by atoms with Crippen LogP contribution >= 0.6 is 11.6 Å². The van der Waals surface area contributed by atoms with E-state index in [4.69, 9.17) is 21.4 Å². The maximum Gasteiger partial charge on any atom is 2.00 e. The van der Waals surface area contributed by atoms with Crippen molar-refractivity contribution in [1.82, 2.24) is 0 Å². The molecule has 1 N–H and O–H groups in total. The molecular weight excluding hydrogens is 244 g/mol. The molecule has 0 aliphatic carbocycles. The molecule has 0 aromatic heterocycles. The van der Waals surface area contributed by atoms with Crippen molar-refractivity contribution in [3.63, 3.8) is 0 Å². The van der Waals surface area contributed by atoms with Crippen molar-refractivity contribution >= 4 is 55.3 Å². The van der Waals surface area contributed by atoms with E-state index in [-0.39, 0.29) is 40.6 Å². The molecule has 0 amide bonds. The molecule has 1 rings (SSSR count). The maximum atomic E-state index is 10.7. The van der Waals surface area contributed by atoms with Gasteiger partial charge in [0.1, 0.15) is 5.75 Å². The van der Waals surface area contributed by atoms with Crippen LogP contribution in [0.5, 0.6) is 5.75 Å². The molecule has 80 valence electrons. The Balaban J connectivity index is -0.000000653. The summed E-state index contributed by atoms with van der Waals surface area (Å²) in [5.74, 6) is -0.519. The Labute approximate surface area is 126 Å². The summed E-state index contributed by atoms with van der Waals surface area (Å²) in [5, 5.41) is 9.39. The zero-order valence-electron chi connectivity index (χ0n) is 10.7. The fourth-order valence-electron chi connectivity index (χ4n) is 0.841. The summed E-state index contributed by atoms with van der Waals surface area (Å²) >= 11 is 5.67. The predicted octanol–water partition coefficient (Wildman–Crippen LogP) is 2.43. The number of carboxylic acids is 1. The fraction of sp³-hybridized carbons (Fsp3) is 0.300. The Morgan fingerprint density at radius 3 is 2.27 bits per heavy atom. The number of hydrogen-bond donors (Lipinski definition) is 1. The molecule has 3 nitrogen and oxygen atoms in total. The normalized spacial score (nSPS) is 10.3. The summed E-state index contributed by atoms with van der Waals surface area (Å²) in [4.78, 5) is 10.7. The second kappa shape index (κ2) is 5.94. The molecule has 1 aromatic carbocycles. The molecule has 5 heteroatoms. The average molecular weight is 257 g/mol. The molecule has 0 saturated carbocycles. The number of carboxylic acid groups (broad SMARTS) is 1. The molecule has 0 unspecified atom stereocenters. The molecule has 0 aliphatic rings. The molecule has 0 spiro atoms. The maximum absolute atomic E-state index is 10.7. The van der Waals surface area contributed by atoms with Crippen LogP contribution in [0, 0.1) is 0 Å². The molecule has 0 bridgehead atoms. The van der Waals surface area contributed by atoms with E-state index in [0.717, 1.165) is 0 Å². The monoisotopic (exact) mass is 256 g/mol. The van der Waals surface area contributed by atoms with Gasteiger partial charge < -0.3 is 12.7 Å². The van der Waals surface area contributed by atoms with Crippen LogP contribution in [0.1, 0.15) is 16.7 Å². The van der Waals surface area contributed by atoms with Gasteiger partial charge >= 0.3 is 43.7 Å². The van der Waals surface area contributed by atoms with E-state index in [1.807, 2.05) is 0 Å². The average Bonchev–Trinajstić information content (AvgIpc) is 2.08. The first kappa shape index (κ1) is 15.0. The number of benzene rings is 1. The van der Waals surface area contributed by atoms with Crippen LogP contribution in [0.2, 0.25) is 5.02 Å². The van der Waals surface area contributed by atoms with Gasteiger partial charge in [0.15, 0.2) is 5.60 Å². The first-order valence-corrected chi connectivity index (χ1v) is 4.47. The van der Waals surface area contributed by atoms with Crippen molar-refractivity contribution < 1.29 is 17.5 Å². The van der Waals surface area contributed by atoms with Gasteiger partial charge in [0.2, 0.25) is 0 Å². The van der Waals surface area contributed by atoms with Crippen LogP contribution in [0.15, 0.2) is 24.3 Å². The van der Waals surface area contributed by atoms with E-state index < -0.39 is 11.6 Å². The van der Waals surface area contributed by atoms with E-state index in [1.54, 1.807) is 24.3 Å². The third kappa shape index (κ3) is 4.60. The van der Waals surface area contributed by atoms with Gasteiger partial charge in [-0.15, -0.1) is 0 Å². The van der Waals surface area contributed by atoms with E-state index >= 15 is 0 Å². The van der Waals surface area contributed by atoms with Gasteiger partial charge in [0, 0.05) is 5.02 Å². The molecule has 0 radical (unpaired) electrons. The number of aliphatic carboxylic acids is 1. The summed E-state index contributed by atoms with van der Waals surface area (Å²) in [7, 11) is 0. The van der Waals surface area contributed by atoms with E-state index in [9.17, 15) is 4.79 Å². The minimum atomic E-state index is -1.23. The van der Waals surface area contributed by atoms with Gasteiger partial charge in [0.25, 0.3) is 0 Å². The largest absolute Gasteiger partial charge is 2.00 e. The quantitative estimate of drug-likeness (QED) is 0.845. The summed E-state index contributed by atoms with van der Waals surface area (Å²) < 4.78 is 5.26. The number of carbonyl (C=O) groups is 1. The van der Waals surface area contributed by atoms with Crippen molar-refractivity contribution in [3.05, 3.63) is 29.3 Å². The molecule has 0 heterocycles. The number of hydrogen-bond acceptors (Lipinski definition) is 2. The Bertz CT molecular complexity index is 344. The van der Waals surface area contributed by atoms with Gasteiger partial charge in [-0.3, -0.25) is 0 Å². The van der Waals surface area contributed by atoms with Crippen molar-refractivity contribution in [2.24, 2.45) is 0 Å². The molecule has 0 aliphatic heterocycles.